The zero-order valence-electron chi connectivity index (χ0n) is 16.1. The van der Waals surface area contributed by atoms with Crippen molar-refractivity contribution in [3.8, 4) is 11.3 Å². The van der Waals surface area contributed by atoms with Crippen molar-refractivity contribution in [1.29, 1.82) is 0 Å². The average molecular weight is 364 g/mol. The molecule has 0 fully saturated rings. The molecule has 3 aromatic rings. The summed E-state index contributed by atoms with van der Waals surface area (Å²) in [5.74, 6) is 0.493. The maximum Gasteiger partial charge on any atom is 0.262 e. The van der Waals surface area contributed by atoms with E-state index in [2.05, 4.69) is 15.3 Å². The van der Waals surface area contributed by atoms with E-state index in [4.69, 9.17) is 4.98 Å². The van der Waals surface area contributed by atoms with Gasteiger partial charge in [0.25, 0.3) is 5.56 Å². The standard InChI is InChI=1S/C20H23N5O2/c1-12(26)21-16-11-7-10-15(22-16)13-8-6-9-14-17(13)23-19(24-20(2,3)4)25(5)18(14)27/h6-11H,1-5H3,(H,23,24)(H,21,22,26)/p-1. The monoisotopic (exact) mass is 364 g/mol. The predicted octanol–water partition coefficient (Wildman–Crippen LogP) is 2.62. The first-order valence-corrected chi connectivity index (χ1v) is 8.63. The first-order valence-electron chi connectivity index (χ1n) is 8.63. The van der Waals surface area contributed by atoms with Crippen LogP contribution in [-0.2, 0) is 7.05 Å². The van der Waals surface area contributed by atoms with Crippen LogP contribution in [-0.4, -0.2) is 26.0 Å². The number of nitrogens with zero attached hydrogens (tertiary/aromatic N) is 4. The van der Waals surface area contributed by atoms with Gasteiger partial charge in [-0.3, -0.25) is 14.4 Å². The van der Waals surface area contributed by atoms with E-state index in [1.54, 1.807) is 31.3 Å². The number of hydrogen-bond donors (Lipinski definition) is 1. The van der Waals surface area contributed by atoms with Gasteiger partial charge in [-0.25, -0.2) is 9.97 Å². The molecule has 27 heavy (non-hydrogen) atoms. The van der Waals surface area contributed by atoms with Crippen LogP contribution in [0.1, 0.15) is 27.7 Å². The quantitative estimate of drug-likeness (QED) is 0.569. The van der Waals surface area contributed by atoms with E-state index in [0.29, 0.717) is 33.9 Å². The van der Waals surface area contributed by atoms with Gasteiger partial charge in [-0.2, -0.15) is 0 Å². The Morgan fingerprint density at radius 3 is 2.52 bits per heavy atom. The van der Waals surface area contributed by atoms with Crippen LogP contribution in [0.15, 0.2) is 46.2 Å². The Balaban J connectivity index is 2.26. The molecule has 0 saturated carbocycles. The molecular formula is C20H22N5O2-. The number of benzene rings is 1. The lowest BCUT2D eigenvalue weighted by Gasteiger charge is -2.23. The molecule has 140 valence electrons. The minimum atomic E-state index is -0.318. The summed E-state index contributed by atoms with van der Waals surface area (Å²) < 4.78 is 1.51. The lowest BCUT2D eigenvalue weighted by atomic mass is 10.1. The van der Waals surface area contributed by atoms with Gasteiger partial charge in [0, 0.05) is 18.2 Å². The number of pyridine rings is 1. The molecule has 2 heterocycles. The number of nitrogens with one attached hydrogen (secondary N) is 1. The summed E-state index contributed by atoms with van der Waals surface area (Å²) in [6, 6.07) is 10.7. The molecule has 0 bridgehead atoms. The number of fused-ring (bicyclic) bond motifs is 1. The average Bonchev–Trinajstić information content (AvgIpc) is 2.57. The first kappa shape index (κ1) is 18.6. The van der Waals surface area contributed by atoms with Crippen molar-refractivity contribution in [3.63, 3.8) is 0 Å². The maximum absolute atomic E-state index is 12.8. The summed E-state index contributed by atoms with van der Waals surface area (Å²) in [5, 5.41) is 15.0. The molecular weight excluding hydrogens is 342 g/mol. The summed E-state index contributed by atoms with van der Waals surface area (Å²) in [6.07, 6.45) is 0. The SMILES string of the molecule is C/C([O-])=N/c1cccc(-c2cccc3c(=O)n(C)c(NC(C)(C)C)nc23)n1. The van der Waals surface area contributed by atoms with Gasteiger partial charge >= 0.3 is 0 Å². The van der Waals surface area contributed by atoms with E-state index in [9.17, 15) is 9.90 Å². The Morgan fingerprint density at radius 2 is 1.85 bits per heavy atom. The first-order chi connectivity index (χ1) is 12.7. The van der Waals surface area contributed by atoms with Gasteiger partial charge in [-0.15, -0.1) is 0 Å². The van der Waals surface area contributed by atoms with Crippen LogP contribution >= 0.6 is 0 Å². The number of para-hydroxylation sites is 1. The molecule has 0 aliphatic heterocycles. The van der Waals surface area contributed by atoms with Gasteiger partial charge in [-0.05, 0) is 51.8 Å². The van der Waals surface area contributed by atoms with Crippen molar-refractivity contribution in [2.24, 2.45) is 12.0 Å². The molecule has 0 aliphatic rings. The predicted molar refractivity (Wildman–Crippen MR) is 106 cm³/mol. The third-order valence-corrected chi connectivity index (χ3v) is 3.88. The van der Waals surface area contributed by atoms with Gasteiger partial charge in [0.15, 0.2) is 5.82 Å². The van der Waals surface area contributed by atoms with Crippen LogP contribution in [0.3, 0.4) is 0 Å². The fourth-order valence-electron chi connectivity index (χ4n) is 2.75. The maximum atomic E-state index is 12.8. The van der Waals surface area contributed by atoms with E-state index in [-0.39, 0.29) is 17.0 Å². The number of rotatable bonds is 3. The summed E-state index contributed by atoms with van der Waals surface area (Å²) in [6.45, 7) is 7.39. The van der Waals surface area contributed by atoms with Gasteiger partial charge in [-0.1, -0.05) is 18.2 Å². The van der Waals surface area contributed by atoms with Crippen molar-refractivity contribution in [2.45, 2.75) is 33.2 Å². The van der Waals surface area contributed by atoms with Gasteiger partial charge < -0.3 is 10.4 Å². The van der Waals surface area contributed by atoms with Crippen molar-refractivity contribution >= 4 is 28.6 Å². The van der Waals surface area contributed by atoms with Crippen molar-refractivity contribution in [1.82, 2.24) is 14.5 Å². The Labute approximate surface area is 157 Å². The Morgan fingerprint density at radius 1 is 1.15 bits per heavy atom. The van der Waals surface area contributed by atoms with E-state index < -0.39 is 0 Å². The van der Waals surface area contributed by atoms with E-state index in [1.807, 2.05) is 32.9 Å². The van der Waals surface area contributed by atoms with Gasteiger partial charge in [0.05, 0.1) is 16.6 Å². The van der Waals surface area contributed by atoms with E-state index in [1.165, 1.54) is 11.5 Å². The summed E-state index contributed by atoms with van der Waals surface area (Å²) >= 11 is 0. The second-order valence-corrected chi connectivity index (χ2v) is 7.39. The lowest BCUT2D eigenvalue weighted by Crippen LogP contribution is -2.32. The minimum absolute atomic E-state index is 0.141. The molecule has 0 atom stereocenters. The second kappa shape index (κ2) is 6.83. The molecule has 7 heteroatoms. The molecule has 0 unspecified atom stereocenters. The summed E-state index contributed by atoms with van der Waals surface area (Å²) in [7, 11) is 1.69. The lowest BCUT2D eigenvalue weighted by molar-refractivity contribution is -0.215. The molecule has 1 N–H and O–H groups in total. The second-order valence-electron chi connectivity index (χ2n) is 7.39. The number of anilines is 1. The van der Waals surface area contributed by atoms with Gasteiger partial charge in [0.1, 0.15) is 0 Å². The van der Waals surface area contributed by atoms with E-state index in [0.717, 1.165) is 0 Å². The third kappa shape index (κ3) is 3.97. The summed E-state index contributed by atoms with van der Waals surface area (Å²) in [5.41, 5.74) is 1.48. The highest BCUT2D eigenvalue weighted by Gasteiger charge is 2.17. The molecule has 0 spiro atoms. The number of hydrogen-bond acceptors (Lipinski definition) is 6. The molecule has 1 aromatic carbocycles. The summed E-state index contributed by atoms with van der Waals surface area (Å²) in [4.78, 5) is 25.8. The van der Waals surface area contributed by atoms with Crippen LogP contribution in [0.2, 0.25) is 0 Å². The molecule has 0 amide bonds. The fraction of sp³-hybridized carbons (Fsp3) is 0.300. The van der Waals surface area contributed by atoms with Crippen LogP contribution in [0.4, 0.5) is 11.8 Å². The molecule has 0 saturated heterocycles. The van der Waals surface area contributed by atoms with Gasteiger partial charge in [0.2, 0.25) is 5.95 Å². The minimum Gasteiger partial charge on any atom is -0.862 e. The Kier molecular flexibility index (Phi) is 4.70. The van der Waals surface area contributed by atoms with Crippen LogP contribution in [0.25, 0.3) is 22.2 Å². The molecule has 7 nitrogen and oxygen atoms in total. The largest absolute Gasteiger partial charge is 0.862 e. The molecule has 3 rings (SSSR count). The van der Waals surface area contributed by atoms with Crippen LogP contribution < -0.4 is 16.0 Å². The zero-order chi connectivity index (χ0) is 19.8. The molecule has 0 radical (unpaired) electrons. The van der Waals surface area contributed by atoms with E-state index >= 15 is 0 Å². The molecule has 0 aliphatic carbocycles. The highest BCUT2D eigenvalue weighted by atomic mass is 16.3. The number of aromatic nitrogens is 3. The van der Waals surface area contributed by atoms with Crippen LogP contribution in [0, 0.1) is 0 Å². The van der Waals surface area contributed by atoms with Crippen LogP contribution in [0.5, 0.6) is 0 Å². The smallest absolute Gasteiger partial charge is 0.262 e. The zero-order valence-corrected chi connectivity index (χ0v) is 16.1. The molecule has 2 aromatic heterocycles. The normalized spacial score (nSPS) is 12.4. The fourth-order valence-corrected chi connectivity index (χ4v) is 2.75. The Hall–Kier alpha value is -3.22. The number of aliphatic imine (C=N–C) groups is 1. The van der Waals surface area contributed by atoms with Crippen molar-refractivity contribution in [3.05, 3.63) is 46.8 Å². The highest BCUT2D eigenvalue weighted by molar-refractivity contribution is 5.93. The van der Waals surface area contributed by atoms with Crippen molar-refractivity contribution in [2.75, 3.05) is 5.32 Å². The van der Waals surface area contributed by atoms with Crippen molar-refractivity contribution < 1.29 is 5.11 Å². The Bertz CT molecular complexity index is 1090. The highest BCUT2D eigenvalue weighted by Crippen LogP contribution is 2.27. The third-order valence-electron chi connectivity index (χ3n) is 3.88. The topological polar surface area (TPSA) is 95.2 Å².